The molecule has 1 fully saturated rings. The van der Waals surface area contributed by atoms with Crippen molar-refractivity contribution in [2.24, 2.45) is 5.41 Å². The number of rotatable bonds is 5. The van der Waals surface area contributed by atoms with Gasteiger partial charge in [0.05, 0.1) is 11.5 Å². The molecule has 2 unspecified atom stereocenters. The fourth-order valence-corrected chi connectivity index (χ4v) is 4.15. The smallest absolute Gasteiger partial charge is 0.166 e. The molecule has 1 aliphatic rings. The lowest BCUT2D eigenvalue weighted by Gasteiger charge is -2.58. The highest BCUT2D eigenvalue weighted by Gasteiger charge is 2.55. The quantitative estimate of drug-likeness (QED) is 0.914. The van der Waals surface area contributed by atoms with Gasteiger partial charge in [0.1, 0.15) is 18.0 Å². The van der Waals surface area contributed by atoms with E-state index in [1.165, 1.54) is 0 Å². The first-order valence-corrected chi connectivity index (χ1v) is 8.20. The van der Waals surface area contributed by atoms with Crippen LogP contribution in [-0.4, -0.2) is 41.3 Å². The Kier molecular flexibility index (Phi) is 4.10. The van der Waals surface area contributed by atoms with E-state index in [1.54, 1.807) is 12.4 Å². The lowest BCUT2D eigenvalue weighted by molar-refractivity contribution is -0.113. The Morgan fingerprint density at radius 3 is 2.70 bits per heavy atom. The van der Waals surface area contributed by atoms with Gasteiger partial charge in [-0.1, -0.05) is 13.8 Å². The number of hydrogen-bond donors (Lipinski definition) is 1. The van der Waals surface area contributed by atoms with Crippen LogP contribution < -0.4 is 10.6 Å². The molecule has 0 bridgehead atoms. The Bertz CT molecular complexity index is 700. The second-order valence-electron chi connectivity index (χ2n) is 6.33. The average Bonchev–Trinajstić information content (AvgIpc) is 2.54. The summed E-state index contributed by atoms with van der Waals surface area (Å²) in [5, 5.41) is 0.936. The van der Waals surface area contributed by atoms with Gasteiger partial charge in [-0.05, 0) is 31.4 Å². The van der Waals surface area contributed by atoms with Crippen LogP contribution in [-0.2, 0) is 4.74 Å². The molecule has 2 aromatic heterocycles. The molecule has 2 heterocycles. The number of ether oxygens (including phenoxy) is 1. The van der Waals surface area contributed by atoms with Gasteiger partial charge in [-0.25, -0.2) is 15.0 Å². The lowest BCUT2D eigenvalue weighted by atomic mass is 9.58. The van der Waals surface area contributed by atoms with E-state index in [4.69, 9.17) is 10.5 Å². The maximum atomic E-state index is 5.77. The van der Waals surface area contributed by atoms with Crippen LogP contribution in [0.2, 0.25) is 0 Å². The first kappa shape index (κ1) is 15.9. The topological polar surface area (TPSA) is 77.2 Å². The van der Waals surface area contributed by atoms with Crippen molar-refractivity contribution in [2.45, 2.75) is 45.3 Å². The Morgan fingerprint density at radius 2 is 2.04 bits per heavy atom. The second-order valence-corrected chi connectivity index (χ2v) is 6.33. The molecule has 2 N–H and O–H groups in total. The predicted molar refractivity (Wildman–Crippen MR) is 92.4 cm³/mol. The van der Waals surface area contributed by atoms with Crippen LogP contribution in [0.25, 0.3) is 11.0 Å². The van der Waals surface area contributed by atoms with Gasteiger partial charge in [0, 0.05) is 25.6 Å². The van der Waals surface area contributed by atoms with Gasteiger partial charge >= 0.3 is 0 Å². The fraction of sp³-hybridized carbons (Fsp3) is 0.588. The summed E-state index contributed by atoms with van der Waals surface area (Å²) < 4.78 is 5.72. The van der Waals surface area contributed by atoms with Gasteiger partial charge in [0.2, 0.25) is 0 Å². The molecule has 0 saturated heterocycles. The second kappa shape index (κ2) is 5.92. The normalized spacial score (nSPS) is 22.8. The van der Waals surface area contributed by atoms with Gasteiger partial charge < -0.3 is 15.4 Å². The van der Waals surface area contributed by atoms with Crippen molar-refractivity contribution in [2.75, 3.05) is 24.8 Å². The maximum absolute atomic E-state index is 5.77. The third kappa shape index (κ3) is 2.32. The molecule has 0 radical (unpaired) electrons. The van der Waals surface area contributed by atoms with E-state index < -0.39 is 0 Å². The zero-order valence-corrected chi connectivity index (χ0v) is 14.3. The van der Waals surface area contributed by atoms with Crippen molar-refractivity contribution in [3.05, 3.63) is 18.5 Å². The van der Waals surface area contributed by atoms with Crippen molar-refractivity contribution in [1.29, 1.82) is 0 Å². The number of nitrogens with two attached hydrogens (primary N) is 1. The molecule has 6 heteroatoms. The molecule has 2 aromatic rings. The SMILES string of the molecule is CCC1(CC)C(OC)CC1N(C)c1ncnc2nc(N)ccc12. The molecular formula is C17H25N5O. The summed E-state index contributed by atoms with van der Waals surface area (Å²) in [5.74, 6) is 1.39. The van der Waals surface area contributed by atoms with Gasteiger partial charge in [-0.2, -0.15) is 0 Å². The van der Waals surface area contributed by atoms with E-state index in [0.29, 0.717) is 23.6 Å². The van der Waals surface area contributed by atoms with E-state index in [2.05, 4.69) is 40.7 Å². The Morgan fingerprint density at radius 1 is 1.30 bits per heavy atom. The van der Waals surface area contributed by atoms with Crippen molar-refractivity contribution < 1.29 is 4.74 Å². The molecule has 3 rings (SSSR count). The Labute approximate surface area is 137 Å². The third-order valence-corrected chi connectivity index (χ3v) is 5.64. The highest BCUT2D eigenvalue weighted by molar-refractivity contribution is 5.87. The largest absolute Gasteiger partial charge is 0.384 e. The molecule has 23 heavy (non-hydrogen) atoms. The molecule has 0 aromatic carbocycles. The molecule has 0 amide bonds. The number of aromatic nitrogens is 3. The fourth-order valence-electron chi connectivity index (χ4n) is 4.15. The van der Waals surface area contributed by atoms with Crippen LogP contribution in [0.4, 0.5) is 11.6 Å². The highest BCUT2D eigenvalue weighted by atomic mass is 16.5. The van der Waals surface area contributed by atoms with Crippen LogP contribution in [0, 0.1) is 5.41 Å². The number of pyridine rings is 1. The van der Waals surface area contributed by atoms with Gasteiger partial charge in [-0.15, -0.1) is 0 Å². The summed E-state index contributed by atoms with van der Waals surface area (Å²) in [7, 11) is 3.92. The molecule has 0 spiro atoms. The van der Waals surface area contributed by atoms with E-state index in [9.17, 15) is 0 Å². The van der Waals surface area contributed by atoms with E-state index in [0.717, 1.165) is 30.5 Å². The average molecular weight is 315 g/mol. The highest BCUT2D eigenvalue weighted by Crippen LogP contribution is 2.51. The predicted octanol–water partition coefficient (Wildman–Crippen LogP) is 2.64. The minimum absolute atomic E-state index is 0.169. The number of anilines is 2. The summed E-state index contributed by atoms with van der Waals surface area (Å²) in [6.45, 7) is 4.49. The lowest BCUT2D eigenvalue weighted by Crippen LogP contribution is -2.63. The Hall–Kier alpha value is -1.95. The summed E-state index contributed by atoms with van der Waals surface area (Å²) >= 11 is 0. The third-order valence-electron chi connectivity index (χ3n) is 5.64. The minimum Gasteiger partial charge on any atom is -0.384 e. The summed E-state index contributed by atoms with van der Waals surface area (Å²) in [6, 6.07) is 4.16. The molecule has 124 valence electrons. The molecule has 6 nitrogen and oxygen atoms in total. The van der Waals surface area contributed by atoms with Crippen molar-refractivity contribution in [3.8, 4) is 0 Å². The molecule has 0 aliphatic heterocycles. The van der Waals surface area contributed by atoms with E-state index in [-0.39, 0.29) is 5.41 Å². The first-order chi connectivity index (χ1) is 11.1. The minimum atomic E-state index is 0.169. The Balaban J connectivity index is 1.99. The van der Waals surface area contributed by atoms with E-state index >= 15 is 0 Å². The van der Waals surface area contributed by atoms with Crippen molar-refractivity contribution >= 4 is 22.7 Å². The van der Waals surface area contributed by atoms with Gasteiger partial charge in [0.25, 0.3) is 0 Å². The molecule has 1 aliphatic carbocycles. The van der Waals surface area contributed by atoms with Crippen LogP contribution in [0.5, 0.6) is 0 Å². The maximum Gasteiger partial charge on any atom is 0.166 e. The van der Waals surface area contributed by atoms with Crippen molar-refractivity contribution in [3.63, 3.8) is 0 Å². The number of hydrogen-bond acceptors (Lipinski definition) is 6. The number of methoxy groups -OCH3 is 1. The molecule has 2 atom stereocenters. The van der Waals surface area contributed by atoms with Gasteiger partial charge in [-0.3, -0.25) is 0 Å². The number of nitrogen functional groups attached to an aromatic ring is 1. The summed E-state index contributed by atoms with van der Waals surface area (Å²) in [6.07, 6.45) is 5.07. The zero-order chi connectivity index (χ0) is 16.6. The standard InChI is InChI=1S/C17H25N5O/c1-5-17(6-2)12(9-13(17)23-4)22(3)16-11-7-8-14(18)21-15(11)19-10-20-16/h7-8,10,12-13H,5-6,9H2,1-4H3,(H2,18,19,20,21). The number of nitrogens with zero attached hydrogens (tertiary/aromatic N) is 4. The van der Waals surface area contributed by atoms with Crippen LogP contribution in [0.15, 0.2) is 18.5 Å². The van der Waals surface area contributed by atoms with Crippen molar-refractivity contribution in [1.82, 2.24) is 15.0 Å². The molecule has 1 saturated carbocycles. The van der Waals surface area contributed by atoms with E-state index in [1.807, 2.05) is 13.2 Å². The zero-order valence-electron chi connectivity index (χ0n) is 14.3. The summed E-state index contributed by atoms with van der Waals surface area (Å²) in [4.78, 5) is 15.3. The van der Waals surface area contributed by atoms with Crippen LogP contribution in [0.1, 0.15) is 33.1 Å². The van der Waals surface area contributed by atoms with Gasteiger partial charge in [0.15, 0.2) is 5.65 Å². The van der Waals surface area contributed by atoms with Crippen LogP contribution in [0.3, 0.4) is 0 Å². The summed E-state index contributed by atoms with van der Waals surface area (Å²) in [5.41, 5.74) is 6.58. The number of fused-ring (bicyclic) bond motifs is 1. The molecular weight excluding hydrogens is 290 g/mol. The monoisotopic (exact) mass is 315 g/mol. The first-order valence-electron chi connectivity index (χ1n) is 8.20. The van der Waals surface area contributed by atoms with Crippen LogP contribution >= 0.6 is 0 Å².